The average Bonchev–Trinajstić information content (AvgIpc) is 2.44. The van der Waals surface area contributed by atoms with Gasteiger partial charge in [-0.15, -0.1) is 0 Å². The van der Waals surface area contributed by atoms with Gasteiger partial charge < -0.3 is 4.74 Å². The fourth-order valence-corrected chi connectivity index (χ4v) is 3.47. The van der Waals surface area contributed by atoms with Gasteiger partial charge in [0.25, 0.3) is 0 Å². The zero-order chi connectivity index (χ0) is 14.5. The summed E-state index contributed by atoms with van der Waals surface area (Å²) in [4.78, 5) is 12.4. The predicted octanol–water partition coefficient (Wildman–Crippen LogP) is 4.30. The topological polar surface area (TPSA) is 26.3 Å². The predicted molar refractivity (Wildman–Crippen MR) is 80.2 cm³/mol. The highest BCUT2D eigenvalue weighted by Crippen LogP contribution is 2.29. The van der Waals surface area contributed by atoms with Crippen molar-refractivity contribution in [1.29, 1.82) is 0 Å². The molecule has 110 valence electrons. The summed E-state index contributed by atoms with van der Waals surface area (Å²) in [5.74, 6) is 0.121. The van der Waals surface area contributed by atoms with Crippen LogP contribution in [0.4, 0.5) is 4.39 Å². The SMILES string of the molecule is COC(C(=O)Cc1ccc(F)cc1Br)C1CCCCC1. The first-order chi connectivity index (χ1) is 9.61. The van der Waals surface area contributed by atoms with Crippen molar-refractivity contribution >= 4 is 21.7 Å². The van der Waals surface area contributed by atoms with Gasteiger partial charge in [-0.05, 0) is 36.5 Å². The maximum Gasteiger partial charge on any atom is 0.166 e. The van der Waals surface area contributed by atoms with Gasteiger partial charge >= 0.3 is 0 Å². The molecule has 1 fully saturated rings. The number of halogens is 2. The molecule has 0 spiro atoms. The van der Waals surface area contributed by atoms with Gasteiger partial charge in [0, 0.05) is 18.0 Å². The summed E-state index contributed by atoms with van der Waals surface area (Å²) in [6.45, 7) is 0. The van der Waals surface area contributed by atoms with Crippen LogP contribution in [0.15, 0.2) is 22.7 Å². The van der Waals surface area contributed by atoms with Gasteiger partial charge in [-0.2, -0.15) is 0 Å². The number of ketones is 1. The highest BCUT2D eigenvalue weighted by Gasteiger charge is 2.29. The smallest absolute Gasteiger partial charge is 0.166 e. The van der Waals surface area contributed by atoms with E-state index in [0.29, 0.717) is 10.4 Å². The molecule has 2 nitrogen and oxygen atoms in total. The van der Waals surface area contributed by atoms with Gasteiger partial charge in [0.15, 0.2) is 5.78 Å². The molecule has 1 saturated carbocycles. The van der Waals surface area contributed by atoms with Gasteiger partial charge in [-0.25, -0.2) is 4.39 Å². The maximum absolute atomic E-state index is 13.1. The second-order valence-electron chi connectivity index (χ2n) is 5.43. The number of Topliss-reactive ketones (excluding diaryl/α,β-unsaturated/α-hetero) is 1. The zero-order valence-corrected chi connectivity index (χ0v) is 13.3. The molecule has 2 rings (SSSR count). The number of benzene rings is 1. The molecule has 0 aliphatic heterocycles. The van der Waals surface area contributed by atoms with Crippen molar-refractivity contribution in [3.8, 4) is 0 Å². The van der Waals surface area contributed by atoms with E-state index in [0.717, 1.165) is 18.4 Å². The van der Waals surface area contributed by atoms with Crippen LogP contribution in [0.2, 0.25) is 0 Å². The van der Waals surface area contributed by atoms with E-state index in [-0.39, 0.29) is 24.1 Å². The average molecular weight is 343 g/mol. The van der Waals surface area contributed by atoms with Gasteiger partial charge in [0.2, 0.25) is 0 Å². The van der Waals surface area contributed by atoms with Crippen LogP contribution in [-0.2, 0) is 16.0 Å². The molecule has 0 aromatic heterocycles. The molecule has 0 amide bonds. The Kier molecular flexibility index (Phi) is 5.73. The Morgan fingerprint density at radius 3 is 2.70 bits per heavy atom. The number of carbonyl (C=O) groups is 1. The van der Waals surface area contributed by atoms with Crippen LogP contribution < -0.4 is 0 Å². The zero-order valence-electron chi connectivity index (χ0n) is 11.7. The number of carbonyl (C=O) groups excluding carboxylic acids is 1. The molecular formula is C16H20BrFO2. The van der Waals surface area contributed by atoms with Crippen LogP contribution >= 0.6 is 15.9 Å². The normalized spacial score (nSPS) is 17.9. The second kappa shape index (κ2) is 7.32. The van der Waals surface area contributed by atoms with E-state index in [9.17, 15) is 9.18 Å². The number of hydrogen-bond acceptors (Lipinski definition) is 2. The van der Waals surface area contributed by atoms with E-state index in [1.54, 1.807) is 13.2 Å². The van der Waals surface area contributed by atoms with E-state index in [1.807, 2.05) is 0 Å². The van der Waals surface area contributed by atoms with Crippen LogP contribution in [0.25, 0.3) is 0 Å². The largest absolute Gasteiger partial charge is 0.373 e. The summed E-state index contributed by atoms with van der Waals surface area (Å²) in [7, 11) is 1.61. The van der Waals surface area contributed by atoms with E-state index in [1.165, 1.54) is 31.4 Å². The van der Waals surface area contributed by atoms with E-state index >= 15 is 0 Å². The summed E-state index contributed by atoms with van der Waals surface area (Å²) < 4.78 is 19.2. The summed E-state index contributed by atoms with van der Waals surface area (Å²) in [5.41, 5.74) is 0.814. The Bertz CT molecular complexity index is 470. The summed E-state index contributed by atoms with van der Waals surface area (Å²) in [5, 5.41) is 0. The fraction of sp³-hybridized carbons (Fsp3) is 0.562. The second-order valence-corrected chi connectivity index (χ2v) is 6.29. The molecule has 0 bridgehead atoms. The third-order valence-corrected chi connectivity index (χ3v) is 4.77. The van der Waals surface area contributed by atoms with Gasteiger partial charge in [-0.3, -0.25) is 4.79 Å². The van der Waals surface area contributed by atoms with Crippen LogP contribution in [0.1, 0.15) is 37.7 Å². The Morgan fingerprint density at radius 1 is 1.40 bits per heavy atom. The highest BCUT2D eigenvalue weighted by atomic mass is 79.9. The van der Waals surface area contributed by atoms with Crippen molar-refractivity contribution in [2.75, 3.05) is 7.11 Å². The number of methoxy groups -OCH3 is 1. The molecule has 1 unspecified atom stereocenters. The minimum Gasteiger partial charge on any atom is -0.373 e. The molecule has 1 aliphatic carbocycles. The van der Waals surface area contributed by atoms with Gasteiger partial charge in [0.05, 0.1) is 0 Å². The third-order valence-electron chi connectivity index (χ3n) is 4.03. The molecule has 1 aromatic rings. The van der Waals surface area contributed by atoms with Gasteiger partial charge in [-0.1, -0.05) is 41.3 Å². The number of ether oxygens (including phenoxy) is 1. The molecule has 0 saturated heterocycles. The van der Waals surface area contributed by atoms with Crippen LogP contribution in [0.5, 0.6) is 0 Å². The molecule has 4 heteroatoms. The van der Waals surface area contributed by atoms with Crippen LogP contribution in [0, 0.1) is 11.7 Å². The van der Waals surface area contributed by atoms with Crippen molar-refractivity contribution in [2.45, 2.75) is 44.6 Å². The molecule has 0 heterocycles. The lowest BCUT2D eigenvalue weighted by Gasteiger charge is -2.28. The Hall–Kier alpha value is -0.740. The lowest BCUT2D eigenvalue weighted by atomic mass is 9.82. The van der Waals surface area contributed by atoms with Crippen LogP contribution in [-0.4, -0.2) is 19.0 Å². The molecule has 1 aromatic carbocycles. The summed E-state index contributed by atoms with van der Waals surface area (Å²) >= 11 is 3.31. The maximum atomic E-state index is 13.1. The lowest BCUT2D eigenvalue weighted by Crippen LogP contribution is -2.34. The van der Waals surface area contributed by atoms with Crippen molar-refractivity contribution < 1.29 is 13.9 Å². The monoisotopic (exact) mass is 342 g/mol. The summed E-state index contributed by atoms with van der Waals surface area (Å²) in [6, 6.07) is 4.44. The van der Waals surface area contributed by atoms with Crippen LogP contribution in [0.3, 0.4) is 0 Å². The molecule has 1 aliphatic rings. The minimum absolute atomic E-state index is 0.0895. The Balaban J connectivity index is 2.04. The first-order valence-corrected chi connectivity index (χ1v) is 7.90. The lowest BCUT2D eigenvalue weighted by molar-refractivity contribution is -0.132. The molecule has 20 heavy (non-hydrogen) atoms. The third kappa shape index (κ3) is 3.89. The van der Waals surface area contributed by atoms with E-state index < -0.39 is 0 Å². The Labute approximate surface area is 127 Å². The minimum atomic E-state index is -0.327. The van der Waals surface area contributed by atoms with Crippen molar-refractivity contribution in [1.82, 2.24) is 0 Å². The molecule has 0 radical (unpaired) electrons. The van der Waals surface area contributed by atoms with Crippen molar-refractivity contribution in [3.05, 3.63) is 34.1 Å². The fourth-order valence-electron chi connectivity index (χ4n) is 2.98. The van der Waals surface area contributed by atoms with E-state index in [2.05, 4.69) is 15.9 Å². The first-order valence-electron chi connectivity index (χ1n) is 7.11. The van der Waals surface area contributed by atoms with E-state index in [4.69, 9.17) is 4.74 Å². The van der Waals surface area contributed by atoms with Crippen molar-refractivity contribution in [2.24, 2.45) is 5.92 Å². The Morgan fingerprint density at radius 2 is 2.10 bits per heavy atom. The number of hydrogen-bond donors (Lipinski definition) is 0. The highest BCUT2D eigenvalue weighted by molar-refractivity contribution is 9.10. The number of rotatable bonds is 5. The molecule has 1 atom stereocenters. The quantitative estimate of drug-likeness (QED) is 0.797. The van der Waals surface area contributed by atoms with Gasteiger partial charge in [0.1, 0.15) is 11.9 Å². The molecular weight excluding hydrogens is 323 g/mol. The molecule has 0 N–H and O–H groups in total. The standard InChI is InChI=1S/C16H20BrFO2/c1-20-16(11-5-3-2-4-6-11)15(19)9-12-7-8-13(18)10-14(12)17/h7-8,10-11,16H,2-6,9H2,1H3. The summed E-state index contributed by atoms with van der Waals surface area (Å²) in [6.07, 6.45) is 5.70. The first kappa shape index (κ1) is 15.6. The van der Waals surface area contributed by atoms with Crippen molar-refractivity contribution in [3.63, 3.8) is 0 Å².